The predicted molar refractivity (Wildman–Crippen MR) is 75.5 cm³/mol. The van der Waals surface area contributed by atoms with Crippen molar-refractivity contribution in [3.8, 4) is 0 Å². The Hall–Kier alpha value is -1.19. The van der Waals surface area contributed by atoms with Crippen molar-refractivity contribution < 1.29 is 0 Å². The average Bonchev–Trinajstić information content (AvgIpc) is 2.74. The van der Waals surface area contributed by atoms with Crippen molar-refractivity contribution in [3.05, 3.63) is 40.9 Å². The Balaban J connectivity index is 2.37. The molecule has 2 nitrogen and oxygen atoms in total. The number of thiophene rings is 1. The molecule has 0 aliphatic carbocycles. The number of fused-ring (bicyclic) bond motifs is 1. The molecule has 0 saturated carbocycles. The van der Waals surface area contributed by atoms with Crippen molar-refractivity contribution in [2.75, 3.05) is 6.54 Å². The first kappa shape index (κ1) is 12.3. The zero-order chi connectivity index (χ0) is 12.3. The lowest BCUT2D eigenvalue weighted by Gasteiger charge is -2.14. The van der Waals surface area contributed by atoms with Crippen LogP contribution in [0.15, 0.2) is 35.4 Å². The molecule has 1 atom stereocenters. The van der Waals surface area contributed by atoms with Crippen molar-refractivity contribution >= 4 is 21.6 Å². The lowest BCUT2D eigenvalue weighted by atomic mass is 10.1. The summed E-state index contributed by atoms with van der Waals surface area (Å²) in [7, 11) is 0. The minimum atomic E-state index is 0.268. The van der Waals surface area contributed by atoms with Crippen LogP contribution in [0.2, 0.25) is 0 Å². The van der Waals surface area contributed by atoms with Crippen molar-refractivity contribution in [1.29, 1.82) is 0 Å². The molecule has 2 aromatic heterocycles. The smallest absolute Gasteiger partial charge is 0.0809 e. The Morgan fingerprint density at radius 2 is 2.35 bits per heavy atom. The molecular formula is C14H18N2S. The molecule has 3 heteroatoms. The van der Waals surface area contributed by atoms with Gasteiger partial charge in [0.25, 0.3) is 0 Å². The fourth-order valence-corrected chi connectivity index (χ4v) is 2.65. The van der Waals surface area contributed by atoms with Gasteiger partial charge in [-0.25, -0.2) is 0 Å². The van der Waals surface area contributed by atoms with E-state index in [1.165, 1.54) is 15.8 Å². The molecule has 0 bridgehead atoms. The summed E-state index contributed by atoms with van der Waals surface area (Å²) in [5.74, 6) is 0. The van der Waals surface area contributed by atoms with Gasteiger partial charge in [-0.05, 0) is 43.5 Å². The number of hydrogen-bond acceptors (Lipinski definition) is 3. The summed E-state index contributed by atoms with van der Waals surface area (Å²) in [6.45, 7) is 7.34. The van der Waals surface area contributed by atoms with Crippen LogP contribution in [0.25, 0.3) is 10.2 Å². The number of hydrogen-bond donors (Lipinski definition) is 1. The molecular weight excluding hydrogens is 228 g/mol. The van der Waals surface area contributed by atoms with Crippen LogP contribution in [0, 0.1) is 0 Å². The minimum Gasteiger partial charge on any atom is -0.307 e. The van der Waals surface area contributed by atoms with Crippen LogP contribution in [0.1, 0.15) is 32.4 Å². The van der Waals surface area contributed by atoms with Gasteiger partial charge >= 0.3 is 0 Å². The summed E-state index contributed by atoms with van der Waals surface area (Å²) in [5, 5.41) is 5.56. The number of likely N-dealkylation sites (N-methyl/N-ethyl adjacent to an activating group) is 1. The molecule has 17 heavy (non-hydrogen) atoms. The normalized spacial score (nSPS) is 12.6. The minimum absolute atomic E-state index is 0.268. The first-order chi connectivity index (χ1) is 8.20. The topological polar surface area (TPSA) is 24.9 Å². The highest BCUT2D eigenvalue weighted by molar-refractivity contribution is 7.17. The van der Waals surface area contributed by atoms with E-state index in [4.69, 9.17) is 0 Å². The second-order valence-corrected chi connectivity index (χ2v) is 5.30. The summed E-state index contributed by atoms with van der Waals surface area (Å²) in [4.78, 5) is 4.49. The summed E-state index contributed by atoms with van der Waals surface area (Å²) < 4.78 is 1.26. The lowest BCUT2D eigenvalue weighted by molar-refractivity contribution is 0.644. The SMILES string of the molecule is CCNC(C=C(C)C)c1cnc2ccsc2c1. The van der Waals surface area contributed by atoms with Gasteiger partial charge in [-0.2, -0.15) is 0 Å². The highest BCUT2D eigenvalue weighted by Crippen LogP contribution is 2.23. The van der Waals surface area contributed by atoms with E-state index in [1.807, 2.05) is 6.20 Å². The molecule has 90 valence electrons. The van der Waals surface area contributed by atoms with E-state index in [0.717, 1.165) is 12.1 Å². The van der Waals surface area contributed by atoms with E-state index in [1.54, 1.807) is 11.3 Å². The van der Waals surface area contributed by atoms with Crippen molar-refractivity contribution in [3.63, 3.8) is 0 Å². The van der Waals surface area contributed by atoms with E-state index in [-0.39, 0.29) is 6.04 Å². The predicted octanol–water partition coefficient (Wildman–Crippen LogP) is 3.91. The summed E-state index contributed by atoms with van der Waals surface area (Å²) >= 11 is 1.74. The van der Waals surface area contributed by atoms with Gasteiger partial charge in [-0.15, -0.1) is 11.3 Å². The Labute approximate surface area is 106 Å². The molecule has 0 amide bonds. The highest BCUT2D eigenvalue weighted by Gasteiger charge is 2.08. The first-order valence-electron chi connectivity index (χ1n) is 5.92. The van der Waals surface area contributed by atoms with Gasteiger partial charge in [0, 0.05) is 6.20 Å². The van der Waals surface area contributed by atoms with E-state index in [2.05, 4.69) is 54.7 Å². The molecule has 2 rings (SSSR count). The summed E-state index contributed by atoms with van der Waals surface area (Å²) in [5.41, 5.74) is 3.65. The van der Waals surface area contributed by atoms with Gasteiger partial charge in [-0.1, -0.05) is 18.6 Å². The van der Waals surface area contributed by atoms with Crippen LogP contribution < -0.4 is 5.32 Å². The van der Waals surface area contributed by atoms with Crippen LogP contribution in [0.3, 0.4) is 0 Å². The highest BCUT2D eigenvalue weighted by atomic mass is 32.1. The molecule has 0 radical (unpaired) electrons. The third-order valence-corrected chi connectivity index (χ3v) is 3.46. The quantitative estimate of drug-likeness (QED) is 0.827. The van der Waals surface area contributed by atoms with Crippen LogP contribution in [0.5, 0.6) is 0 Å². The number of rotatable bonds is 4. The van der Waals surface area contributed by atoms with Gasteiger partial charge in [0.2, 0.25) is 0 Å². The molecule has 1 N–H and O–H groups in total. The molecule has 0 aromatic carbocycles. The summed E-state index contributed by atoms with van der Waals surface area (Å²) in [6.07, 6.45) is 4.22. The van der Waals surface area contributed by atoms with E-state index < -0.39 is 0 Å². The number of nitrogens with zero attached hydrogens (tertiary/aromatic N) is 1. The van der Waals surface area contributed by atoms with E-state index in [0.29, 0.717) is 0 Å². The van der Waals surface area contributed by atoms with Gasteiger partial charge in [0.05, 0.1) is 16.3 Å². The zero-order valence-electron chi connectivity index (χ0n) is 10.5. The van der Waals surface area contributed by atoms with Gasteiger partial charge in [-0.3, -0.25) is 4.98 Å². The first-order valence-corrected chi connectivity index (χ1v) is 6.80. The maximum atomic E-state index is 4.49. The molecule has 1 unspecified atom stereocenters. The molecule has 0 aliphatic rings. The molecule has 2 aromatic rings. The van der Waals surface area contributed by atoms with Crippen molar-refractivity contribution in [2.24, 2.45) is 0 Å². The molecule has 2 heterocycles. The Morgan fingerprint density at radius 3 is 3.06 bits per heavy atom. The Kier molecular flexibility index (Phi) is 3.92. The lowest BCUT2D eigenvalue weighted by Crippen LogP contribution is -2.19. The zero-order valence-corrected chi connectivity index (χ0v) is 11.3. The fraction of sp³-hybridized carbons (Fsp3) is 0.357. The Bertz CT molecular complexity index is 524. The van der Waals surface area contributed by atoms with E-state index in [9.17, 15) is 0 Å². The van der Waals surface area contributed by atoms with Gasteiger partial charge in [0.1, 0.15) is 0 Å². The van der Waals surface area contributed by atoms with Crippen molar-refractivity contribution in [1.82, 2.24) is 10.3 Å². The van der Waals surface area contributed by atoms with Crippen LogP contribution in [0.4, 0.5) is 0 Å². The second-order valence-electron chi connectivity index (χ2n) is 4.35. The molecule has 0 fully saturated rings. The maximum Gasteiger partial charge on any atom is 0.0809 e. The third-order valence-electron chi connectivity index (χ3n) is 2.61. The van der Waals surface area contributed by atoms with Crippen LogP contribution in [-0.4, -0.2) is 11.5 Å². The number of allylic oxidation sites excluding steroid dienone is 1. The molecule has 0 aliphatic heterocycles. The fourth-order valence-electron chi connectivity index (χ4n) is 1.86. The maximum absolute atomic E-state index is 4.49. The van der Waals surface area contributed by atoms with Gasteiger partial charge < -0.3 is 5.32 Å². The summed E-state index contributed by atoms with van der Waals surface area (Å²) in [6, 6.07) is 4.57. The molecule has 0 saturated heterocycles. The number of nitrogens with one attached hydrogen (secondary N) is 1. The average molecular weight is 246 g/mol. The van der Waals surface area contributed by atoms with Gasteiger partial charge in [0.15, 0.2) is 0 Å². The second kappa shape index (κ2) is 5.43. The monoisotopic (exact) mass is 246 g/mol. The Morgan fingerprint density at radius 1 is 1.53 bits per heavy atom. The number of pyridine rings is 1. The van der Waals surface area contributed by atoms with Crippen LogP contribution in [-0.2, 0) is 0 Å². The third kappa shape index (κ3) is 2.93. The largest absolute Gasteiger partial charge is 0.307 e. The number of aromatic nitrogens is 1. The van der Waals surface area contributed by atoms with Crippen molar-refractivity contribution in [2.45, 2.75) is 26.8 Å². The standard InChI is InChI=1S/C14H18N2S/c1-4-15-13(7-10(2)3)11-8-14-12(16-9-11)5-6-17-14/h5-9,13,15H,4H2,1-3H3. The van der Waals surface area contributed by atoms with Crippen LogP contribution >= 0.6 is 11.3 Å². The van der Waals surface area contributed by atoms with E-state index >= 15 is 0 Å². The molecule has 0 spiro atoms.